The van der Waals surface area contributed by atoms with Crippen LogP contribution in [0.25, 0.3) is 0 Å². The first kappa shape index (κ1) is 13.4. The van der Waals surface area contributed by atoms with E-state index in [1.165, 1.54) is 0 Å². The summed E-state index contributed by atoms with van der Waals surface area (Å²) in [5.74, 6) is -0.849. The minimum absolute atomic E-state index is 0.109. The number of hydrogen-bond donors (Lipinski definition) is 2. The number of rotatable bonds is 5. The molecule has 0 bridgehead atoms. The molecule has 0 heterocycles. The first-order valence-corrected chi connectivity index (χ1v) is 6.44. The highest BCUT2D eigenvalue weighted by atomic mass is 32.2. The third-order valence-electron chi connectivity index (χ3n) is 2.38. The largest absolute Gasteiger partial charge is 0.481 e. The number of hydrogen-bond acceptors (Lipinski definition) is 3. The minimum atomic E-state index is -0.857. The highest BCUT2D eigenvalue weighted by molar-refractivity contribution is 8.00. The van der Waals surface area contributed by atoms with Crippen molar-refractivity contribution in [1.82, 2.24) is 5.32 Å². The molecule has 1 amide bonds. The predicted octanol–water partition coefficient (Wildman–Crippen LogP) is 1.35. The fraction of sp³-hybridized carbons (Fsp3) is 0.818. The van der Waals surface area contributed by atoms with E-state index in [1.807, 2.05) is 0 Å². The lowest BCUT2D eigenvalue weighted by Gasteiger charge is -2.17. The van der Waals surface area contributed by atoms with Crippen molar-refractivity contribution < 1.29 is 14.7 Å². The van der Waals surface area contributed by atoms with Gasteiger partial charge in [-0.3, -0.25) is 9.59 Å². The zero-order valence-corrected chi connectivity index (χ0v) is 10.8. The van der Waals surface area contributed by atoms with Gasteiger partial charge >= 0.3 is 5.97 Å². The molecule has 1 fully saturated rings. The summed E-state index contributed by atoms with van der Waals surface area (Å²) in [6, 6.07) is 0. The van der Waals surface area contributed by atoms with Gasteiger partial charge in [-0.2, -0.15) is 11.8 Å². The van der Waals surface area contributed by atoms with Gasteiger partial charge in [0.15, 0.2) is 0 Å². The smallest absolute Gasteiger partial charge is 0.307 e. The first-order chi connectivity index (χ1) is 7.31. The summed E-state index contributed by atoms with van der Waals surface area (Å²) in [7, 11) is 0. The molecule has 1 saturated carbocycles. The standard InChI is InChI=1S/C11H19NO3S/c1-11(2,3)16-5-4-12-9(13)7-6-8(7)10(14)15/h7-8H,4-6H2,1-3H3,(H,12,13)(H,14,15)/t7-,8+/m0/s1. The van der Waals surface area contributed by atoms with E-state index in [9.17, 15) is 9.59 Å². The summed E-state index contributed by atoms with van der Waals surface area (Å²) in [6.07, 6.45) is 0.494. The lowest BCUT2D eigenvalue weighted by molar-refractivity contribution is -0.140. The van der Waals surface area contributed by atoms with Gasteiger partial charge in [0.1, 0.15) is 0 Å². The average molecular weight is 245 g/mol. The highest BCUT2D eigenvalue weighted by Gasteiger charge is 2.48. The van der Waals surface area contributed by atoms with Crippen molar-refractivity contribution in [1.29, 1.82) is 0 Å². The summed E-state index contributed by atoms with van der Waals surface area (Å²) in [4.78, 5) is 22.0. The molecule has 0 aliphatic heterocycles. The fourth-order valence-corrected chi connectivity index (χ4v) is 2.24. The van der Waals surface area contributed by atoms with Gasteiger partial charge in [-0.25, -0.2) is 0 Å². The van der Waals surface area contributed by atoms with E-state index in [1.54, 1.807) is 11.8 Å². The number of aliphatic carboxylic acids is 1. The Bertz CT molecular complexity index is 285. The van der Waals surface area contributed by atoms with Gasteiger partial charge in [-0.15, -0.1) is 0 Å². The van der Waals surface area contributed by atoms with Crippen LogP contribution in [0.1, 0.15) is 27.2 Å². The molecule has 0 radical (unpaired) electrons. The van der Waals surface area contributed by atoms with Crippen LogP contribution in [0.5, 0.6) is 0 Å². The molecule has 0 unspecified atom stereocenters. The Balaban J connectivity index is 2.11. The molecule has 2 N–H and O–H groups in total. The van der Waals surface area contributed by atoms with Crippen LogP contribution < -0.4 is 5.32 Å². The Kier molecular flexibility index (Phi) is 4.24. The molecule has 1 rings (SSSR count). The van der Waals surface area contributed by atoms with Gasteiger partial charge in [0.25, 0.3) is 0 Å². The number of thioether (sulfide) groups is 1. The average Bonchev–Trinajstić information content (AvgIpc) is 2.89. The predicted molar refractivity (Wildman–Crippen MR) is 64.5 cm³/mol. The van der Waals surface area contributed by atoms with E-state index in [0.29, 0.717) is 13.0 Å². The number of amides is 1. The van der Waals surface area contributed by atoms with Crippen LogP contribution in [0.4, 0.5) is 0 Å². The van der Waals surface area contributed by atoms with E-state index in [4.69, 9.17) is 5.11 Å². The monoisotopic (exact) mass is 245 g/mol. The van der Waals surface area contributed by atoms with Crippen LogP contribution in [-0.4, -0.2) is 34.0 Å². The first-order valence-electron chi connectivity index (χ1n) is 5.46. The van der Waals surface area contributed by atoms with E-state index in [2.05, 4.69) is 26.1 Å². The second-order valence-electron chi connectivity index (χ2n) is 5.04. The third kappa shape index (κ3) is 4.43. The van der Waals surface area contributed by atoms with Crippen LogP contribution in [-0.2, 0) is 9.59 Å². The van der Waals surface area contributed by atoms with Gasteiger partial charge in [0.2, 0.25) is 5.91 Å². The van der Waals surface area contributed by atoms with E-state index < -0.39 is 11.9 Å². The number of carbonyl (C=O) groups excluding carboxylic acids is 1. The van der Waals surface area contributed by atoms with Crippen LogP contribution in [0.3, 0.4) is 0 Å². The van der Waals surface area contributed by atoms with Gasteiger partial charge < -0.3 is 10.4 Å². The van der Waals surface area contributed by atoms with Gasteiger partial charge in [-0.05, 0) is 6.42 Å². The maximum absolute atomic E-state index is 11.5. The molecule has 4 nitrogen and oxygen atoms in total. The SMILES string of the molecule is CC(C)(C)SCCNC(=O)[C@H]1C[C@H]1C(=O)O. The minimum Gasteiger partial charge on any atom is -0.481 e. The molecular weight excluding hydrogens is 226 g/mol. The van der Waals surface area contributed by atoms with Crippen molar-refractivity contribution in [3.8, 4) is 0 Å². The van der Waals surface area contributed by atoms with Crippen molar-refractivity contribution in [2.45, 2.75) is 31.9 Å². The maximum atomic E-state index is 11.5. The van der Waals surface area contributed by atoms with Crippen molar-refractivity contribution in [2.75, 3.05) is 12.3 Å². The van der Waals surface area contributed by atoms with Gasteiger partial charge in [0.05, 0.1) is 11.8 Å². The summed E-state index contributed by atoms with van der Waals surface area (Å²) in [5, 5.41) is 11.4. The highest BCUT2D eigenvalue weighted by Crippen LogP contribution is 2.38. The van der Waals surface area contributed by atoms with E-state index >= 15 is 0 Å². The third-order valence-corrected chi connectivity index (χ3v) is 3.66. The molecule has 1 aliphatic carbocycles. The number of carboxylic acids is 1. The Labute approximate surface area is 100 Å². The molecule has 0 spiro atoms. The molecule has 0 aromatic carbocycles. The summed E-state index contributed by atoms with van der Waals surface area (Å²) in [5.41, 5.74) is 0. The molecule has 0 saturated heterocycles. The Morgan fingerprint density at radius 3 is 2.44 bits per heavy atom. The quantitative estimate of drug-likeness (QED) is 0.718. The summed E-state index contributed by atoms with van der Waals surface area (Å²) in [6.45, 7) is 6.99. The summed E-state index contributed by atoms with van der Waals surface area (Å²) >= 11 is 1.78. The lowest BCUT2D eigenvalue weighted by atomic mass is 10.3. The second kappa shape index (κ2) is 5.08. The molecule has 16 heavy (non-hydrogen) atoms. The number of carbonyl (C=O) groups is 2. The molecule has 5 heteroatoms. The van der Waals surface area contributed by atoms with E-state index in [-0.39, 0.29) is 16.6 Å². The maximum Gasteiger partial charge on any atom is 0.307 e. The van der Waals surface area contributed by atoms with E-state index in [0.717, 1.165) is 5.75 Å². The lowest BCUT2D eigenvalue weighted by Crippen LogP contribution is -2.29. The van der Waals surface area contributed by atoms with Crippen LogP contribution in [0.15, 0.2) is 0 Å². The molecule has 2 atom stereocenters. The Hall–Kier alpha value is -0.710. The van der Waals surface area contributed by atoms with Crippen molar-refractivity contribution in [2.24, 2.45) is 11.8 Å². The zero-order valence-electron chi connectivity index (χ0n) is 9.95. The Morgan fingerprint density at radius 2 is 2.00 bits per heavy atom. The topological polar surface area (TPSA) is 66.4 Å². The zero-order chi connectivity index (χ0) is 12.3. The van der Waals surface area contributed by atoms with Crippen molar-refractivity contribution in [3.05, 3.63) is 0 Å². The number of carboxylic acid groups (broad SMARTS) is 1. The van der Waals surface area contributed by atoms with Crippen molar-refractivity contribution >= 4 is 23.6 Å². The van der Waals surface area contributed by atoms with Crippen LogP contribution in [0, 0.1) is 11.8 Å². The molecule has 92 valence electrons. The van der Waals surface area contributed by atoms with Crippen LogP contribution in [0.2, 0.25) is 0 Å². The normalized spacial score (nSPS) is 23.9. The molecule has 1 aliphatic rings. The van der Waals surface area contributed by atoms with Crippen LogP contribution >= 0.6 is 11.8 Å². The molecular formula is C11H19NO3S. The number of nitrogens with one attached hydrogen (secondary N) is 1. The second-order valence-corrected chi connectivity index (χ2v) is 6.96. The van der Waals surface area contributed by atoms with Gasteiger partial charge in [-0.1, -0.05) is 20.8 Å². The summed E-state index contributed by atoms with van der Waals surface area (Å²) < 4.78 is 0.202. The Morgan fingerprint density at radius 1 is 1.38 bits per heavy atom. The fourth-order valence-electron chi connectivity index (χ4n) is 1.42. The molecule has 0 aromatic rings. The molecule has 0 aromatic heterocycles. The van der Waals surface area contributed by atoms with Crippen molar-refractivity contribution in [3.63, 3.8) is 0 Å². The van der Waals surface area contributed by atoms with Gasteiger partial charge in [0, 0.05) is 17.0 Å².